The quantitative estimate of drug-likeness (QED) is 0.364. The van der Waals surface area contributed by atoms with Gasteiger partial charge < -0.3 is 11.1 Å². The number of hydrogen-bond acceptors (Lipinski definition) is 3. The highest BCUT2D eigenvalue weighted by Gasteiger charge is 2.19. The number of aliphatic imine (C=N–C) groups is 1. The van der Waals surface area contributed by atoms with Gasteiger partial charge in [0.05, 0.1) is 0 Å². The number of thiophene rings is 1. The van der Waals surface area contributed by atoms with Crippen molar-refractivity contribution in [3.63, 3.8) is 0 Å². The van der Waals surface area contributed by atoms with Gasteiger partial charge in [-0.05, 0) is 85.8 Å². The molecule has 1 aliphatic heterocycles. The van der Waals surface area contributed by atoms with Gasteiger partial charge in [-0.3, -0.25) is 9.89 Å². The lowest BCUT2D eigenvalue weighted by atomic mass is 9.97. The summed E-state index contributed by atoms with van der Waals surface area (Å²) in [7, 11) is 0. The number of hydrogen-bond donors (Lipinski definition) is 2. The number of halogens is 1. The highest BCUT2D eigenvalue weighted by atomic mass is 127. The van der Waals surface area contributed by atoms with E-state index in [-0.39, 0.29) is 24.0 Å². The molecule has 4 nitrogen and oxygen atoms in total. The first-order valence-electron chi connectivity index (χ1n) is 9.70. The number of piperidine rings is 1. The Morgan fingerprint density at radius 3 is 2.78 bits per heavy atom. The predicted molar refractivity (Wildman–Crippen MR) is 126 cm³/mol. The van der Waals surface area contributed by atoms with Crippen LogP contribution in [0.15, 0.2) is 40.7 Å². The third-order valence-corrected chi connectivity index (χ3v) is 6.42. The molecule has 1 fully saturated rings. The second-order valence-electron chi connectivity index (χ2n) is 7.49. The van der Waals surface area contributed by atoms with E-state index in [0.29, 0.717) is 11.9 Å². The number of anilines is 1. The molecule has 27 heavy (non-hydrogen) atoms. The van der Waals surface area contributed by atoms with E-state index in [0.717, 1.165) is 31.9 Å². The molecule has 0 radical (unpaired) electrons. The summed E-state index contributed by atoms with van der Waals surface area (Å²) in [4.78, 5) is 8.62. The van der Waals surface area contributed by atoms with E-state index in [1.54, 1.807) is 0 Å². The predicted octanol–water partition coefficient (Wildman–Crippen LogP) is 4.49. The van der Waals surface area contributed by atoms with Gasteiger partial charge in [0.15, 0.2) is 5.96 Å². The molecule has 1 saturated heterocycles. The van der Waals surface area contributed by atoms with Crippen molar-refractivity contribution < 1.29 is 0 Å². The molecule has 4 rings (SSSR count). The van der Waals surface area contributed by atoms with Crippen molar-refractivity contribution in [1.29, 1.82) is 0 Å². The maximum atomic E-state index is 6.12. The Labute approximate surface area is 183 Å². The molecule has 146 valence electrons. The van der Waals surface area contributed by atoms with Crippen LogP contribution in [0.5, 0.6) is 0 Å². The third kappa shape index (κ3) is 5.68. The van der Waals surface area contributed by atoms with Crippen LogP contribution in [0.4, 0.5) is 5.69 Å². The first kappa shape index (κ1) is 20.6. The number of nitrogens with one attached hydrogen (secondary N) is 1. The average molecular weight is 496 g/mol. The maximum Gasteiger partial charge on any atom is 0.193 e. The molecule has 3 N–H and O–H groups in total. The molecule has 0 saturated carbocycles. The van der Waals surface area contributed by atoms with Crippen molar-refractivity contribution in [2.75, 3.05) is 25.0 Å². The summed E-state index contributed by atoms with van der Waals surface area (Å²) in [6.45, 7) is 4.25. The number of nitrogens with zero attached hydrogens (tertiary/aromatic N) is 2. The molecule has 0 atom stereocenters. The fourth-order valence-electron chi connectivity index (χ4n) is 4.01. The Kier molecular flexibility index (Phi) is 7.55. The van der Waals surface area contributed by atoms with Gasteiger partial charge in [-0.25, -0.2) is 0 Å². The van der Waals surface area contributed by atoms with Crippen molar-refractivity contribution in [1.82, 2.24) is 4.90 Å². The van der Waals surface area contributed by atoms with E-state index in [1.165, 1.54) is 48.1 Å². The summed E-state index contributed by atoms with van der Waals surface area (Å²) >= 11 is 1.85. The summed E-state index contributed by atoms with van der Waals surface area (Å²) in [5, 5.41) is 5.43. The molecule has 2 heterocycles. The summed E-state index contributed by atoms with van der Waals surface area (Å²) in [6.07, 6.45) is 6.09. The lowest BCUT2D eigenvalue weighted by Gasteiger charge is -2.30. The molecule has 2 aliphatic rings. The average Bonchev–Trinajstić information content (AvgIpc) is 3.32. The Bertz CT molecular complexity index is 752. The van der Waals surface area contributed by atoms with Crippen LogP contribution in [0.2, 0.25) is 0 Å². The smallest absolute Gasteiger partial charge is 0.193 e. The second kappa shape index (κ2) is 9.89. The Morgan fingerprint density at radius 2 is 2.00 bits per heavy atom. The fourth-order valence-corrected chi connectivity index (χ4v) is 4.76. The lowest BCUT2D eigenvalue weighted by molar-refractivity contribution is 0.182. The molecular weight excluding hydrogens is 467 g/mol. The summed E-state index contributed by atoms with van der Waals surface area (Å²) in [5.74, 6) is 1.19. The van der Waals surface area contributed by atoms with Crippen LogP contribution < -0.4 is 11.1 Å². The molecule has 2 aromatic rings. The van der Waals surface area contributed by atoms with Crippen LogP contribution in [0.1, 0.15) is 35.3 Å². The number of benzene rings is 1. The highest BCUT2D eigenvalue weighted by Crippen LogP contribution is 2.25. The molecule has 0 bridgehead atoms. The number of guanidine groups is 1. The highest BCUT2D eigenvalue weighted by molar-refractivity contribution is 14.0. The van der Waals surface area contributed by atoms with Crippen LogP contribution in [0.25, 0.3) is 0 Å². The first-order valence-corrected chi connectivity index (χ1v) is 10.6. The fraction of sp³-hybridized carbons (Fsp3) is 0.476. The SMILES string of the molecule is I.NC(=NCC1CCN(Cc2cccs2)CC1)Nc1ccc2c(c1)CCC2. The minimum absolute atomic E-state index is 0. The van der Waals surface area contributed by atoms with Crippen molar-refractivity contribution in [3.8, 4) is 0 Å². The van der Waals surface area contributed by atoms with Gasteiger partial charge in [-0.15, -0.1) is 35.3 Å². The maximum absolute atomic E-state index is 6.12. The number of likely N-dealkylation sites (tertiary alicyclic amines) is 1. The van der Waals surface area contributed by atoms with Gasteiger partial charge in [0, 0.05) is 23.7 Å². The lowest BCUT2D eigenvalue weighted by Crippen LogP contribution is -2.34. The van der Waals surface area contributed by atoms with Crippen molar-refractivity contribution in [3.05, 3.63) is 51.7 Å². The normalized spacial score (nSPS) is 18.1. The van der Waals surface area contributed by atoms with Crippen LogP contribution in [-0.4, -0.2) is 30.5 Å². The minimum atomic E-state index is 0. The number of aryl methyl sites for hydroxylation is 2. The van der Waals surface area contributed by atoms with Gasteiger partial charge in [-0.2, -0.15) is 0 Å². The van der Waals surface area contributed by atoms with Gasteiger partial charge in [0.1, 0.15) is 0 Å². The summed E-state index contributed by atoms with van der Waals surface area (Å²) in [5.41, 5.74) is 10.1. The Balaban J connectivity index is 0.00000210. The van der Waals surface area contributed by atoms with Crippen molar-refractivity contribution >= 4 is 47.0 Å². The van der Waals surface area contributed by atoms with Crippen molar-refractivity contribution in [2.24, 2.45) is 16.6 Å². The topological polar surface area (TPSA) is 53.6 Å². The molecule has 1 aliphatic carbocycles. The zero-order chi connectivity index (χ0) is 17.8. The van der Waals surface area contributed by atoms with E-state index in [2.05, 4.69) is 50.9 Å². The zero-order valence-corrected chi connectivity index (χ0v) is 18.8. The van der Waals surface area contributed by atoms with E-state index in [1.807, 2.05) is 11.3 Å². The number of nitrogens with two attached hydrogens (primary N) is 1. The van der Waals surface area contributed by atoms with E-state index in [4.69, 9.17) is 5.73 Å². The molecule has 0 amide bonds. The van der Waals surface area contributed by atoms with Gasteiger partial charge in [-0.1, -0.05) is 12.1 Å². The van der Waals surface area contributed by atoms with Crippen LogP contribution in [0, 0.1) is 5.92 Å². The third-order valence-electron chi connectivity index (χ3n) is 5.56. The molecule has 0 spiro atoms. The molecule has 0 unspecified atom stereocenters. The summed E-state index contributed by atoms with van der Waals surface area (Å²) < 4.78 is 0. The van der Waals surface area contributed by atoms with Crippen molar-refractivity contribution in [2.45, 2.75) is 38.6 Å². The minimum Gasteiger partial charge on any atom is -0.370 e. The second-order valence-corrected chi connectivity index (χ2v) is 8.52. The Hall–Kier alpha value is -1.12. The first-order chi connectivity index (χ1) is 12.8. The molecular formula is C21H29IN4S. The van der Waals surface area contributed by atoms with Gasteiger partial charge in [0.25, 0.3) is 0 Å². The largest absolute Gasteiger partial charge is 0.370 e. The number of rotatable bonds is 5. The van der Waals surface area contributed by atoms with Gasteiger partial charge >= 0.3 is 0 Å². The van der Waals surface area contributed by atoms with E-state index >= 15 is 0 Å². The van der Waals surface area contributed by atoms with E-state index in [9.17, 15) is 0 Å². The number of fused-ring (bicyclic) bond motifs is 1. The van der Waals surface area contributed by atoms with E-state index < -0.39 is 0 Å². The Morgan fingerprint density at radius 1 is 1.19 bits per heavy atom. The molecule has 6 heteroatoms. The summed E-state index contributed by atoms with van der Waals surface area (Å²) in [6, 6.07) is 10.9. The zero-order valence-electron chi connectivity index (χ0n) is 15.7. The standard InChI is InChI=1S/C21H28N4S.HI/c22-21(24-19-7-6-17-3-1-4-18(17)13-19)23-14-16-8-10-25(11-9-16)15-20-5-2-12-26-20;/h2,5-7,12-13,16H,1,3-4,8-11,14-15H2,(H3,22,23,24);1H. The monoisotopic (exact) mass is 496 g/mol. The van der Waals surface area contributed by atoms with Crippen LogP contribution in [-0.2, 0) is 19.4 Å². The van der Waals surface area contributed by atoms with Crippen LogP contribution in [0.3, 0.4) is 0 Å². The molecule has 1 aromatic carbocycles. The van der Waals surface area contributed by atoms with Crippen LogP contribution >= 0.6 is 35.3 Å². The van der Waals surface area contributed by atoms with Gasteiger partial charge in [0.2, 0.25) is 0 Å². The molecule has 1 aromatic heterocycles.